The molecular formula is C31H28N2O4. The van der Waals surface area contributed by atoms with Crippen LogP contribution in [0.25, 0.3) is 11.1 Å². The van der Waals surface area contributed by atoms with Gasteiger partial charge in [-0.25, -0.2) is 4.79 Å². The van der Waals surface area contributed by atoms with Gasteiger partial charge in [-0.1, -0.05) is 60.7 Å². The van der Waals surface area contributed by atoms with Crippen molar-refractivity contribution in [3.8, 4) is 17.2 Å². The van der Waals surface area contributed by atoms with Crippen LogP contribution < -0.4 is 0 Å². The highest BCUT2D eigenvalue weighted by Crippen LogP contribution is 2.44. The van der Waals surface area contributed by atoms with Crippen molar-refractivity contribution in [2.45, 2.75) is 37.8 Å². The maximum atomic E-state index is 13.4. The first-order valence-corrected chi connectivity index (χ1v) is 12.8. The third-order valence-corrected chi connectivity index (χ3v) is 8.16. The van der Waals surface area contributed by atoms with Gasteiger partial charge in [-0.3, -0.25) is 9.69 Å². The summed E-state index contributed by atoms with van der Waals surface area (Å²) in [5.41, 5.74) is 6.58. The van der Waals surface area contributed by atoms with E-state index < -0.39 is 0 Å². The molecule has 6 nitrogen and oxygen atoms in total. The largest absolute Gasteiger partial charge is 0.448 e. The number of carbonyl (C=O) groups is 2. The van der Waals surface area contributed by atoms with Crippen LogP contribution in [-0.4, -0.2) is 48.7 Å². The summed E-state index contributed by atoms with van der Waals surface area (Å²) in [7, 11) is 0. The van der Waals surface area contributed by atoms with Crippen LogP contribution >= 0.6 is 0 Å². The van der Waals surface area contributed by atoms with E-state index >= 15 is 0 Å². The van der Waals surface area contributed by atoms with Gasteiger partial charge in [0.2, 0.25) is 0 Å². The number of morpholine rings is 1. The number of fused-ring (bicyclic) bond motifs is 5. The molecule has 2 heterocycles. The second-order valence-electron chi connectivity index (χ2n) is 10.2. The van der Waals surface area contributed by atoms with Crippen molar-refractivity contribution < 1.29 is 19.1 Å². The van der Waals surface area contributed by atoms with E-state index in [2.05, 4.69) is 30.3 Å². The van der Waals surface area contributed by atoms with Gasteiger partial charge in [0.05, 0.1) is 36.9 Å². The minimum Gasteiger partial charge on any atom is -0.448 e. The number of nitrogens with zero attached hydrogens (tertiary/aromatic N) is 2. The Balaban J connectivity index is 1.17. The van der Waals surface area contributed by atoms with Crippen LogP contribution in [0.2, 0.25) is 0 Å². The summed E-state index contributed by atoms with van der Waals surface area (Å²) in [6.45, 7) is 2.87. The van der Waals surface area contributed by atoms with E-state index in [0.717, 1.165) is 5.56 Å². The van der Waals surface area contributed by atoms with Crippen LogP contribution in [0.4, 0.5) is 4.79 Å². The van der Waals surface area contributed by atoms with E-state index in [4.69, 9.17) is 9.47 Å². The Morgan fingerprint density at radius 2 is 1.57 bits per heavy atom. The van der Waals surface area contributed by atoms with Crippen molar-refractivity contribution in [2.24, 2.45) is 5.92 Å². The van der Waals surface area contributed by atoms with E-state index in [-0.39, 0.29) is 42.4 Å². The fourth-order valence-electron chi connectivity index (χ4n) is 6.34. The molecule has 6 heteroatoms. The molecule has 1 aliphatic carbocycles. The monoisotopic (exact) mass is 492 g/mol. The van der Waals surface area contributed by atoms with Gasteiger partial charge in [-0.2, -0.15) is 5.26 Å². The van der Waals surface area contributed by atoms with Gasteiger partial charge in [0, 0.05) is 17.4 Å². The standard InChI is InChI=1S/C31H28N2O4/c1-19-20(15-32)7-6-12-24(19)30(34)21-13-22-16-36-17-23(14-21)33(22)31(35)37-18-29-27-10-4-2-8-25(27)26-9-3-5-11-28(26)29/h2-12,21-23,29H,13-14,16-18H2,1H3. The van der Waals surface area contributed by atoms with Crippen molar-refractivity contribution in [2.75, 3.05) is 19.8 Å². The highest BCUT2D eigenvalue weighted by atomic mass is 16.6. The van der Waals surface area contributed by atoms with E-state index in [1.54, 1.807) is 23.1 Å². The number of Topliss-reactive ketones (excluding diaryl/α,β-unsaturated/α-hetero) is 1. The van der Waals surface area contributed by atoms with Crippen molar-refractivity contribution in [1.29, 1.82) is 5.26 Å². The fourth-order valence-corrected chi connectivity index (χ4v) is 6.34. The Labute approximate surface area is 216 Å². The smallest absolute Gasteiger partial charge is 0.410 e. The van der Waals surface area contributed by atoms with Crippen LogP contribution in [0.3, 0.4) is 0 Å². The Morgan fingerprint density at radius 1 is 0.946 bits per heavy atom. The molecule has 2 saturated heterocycles. The third-order valence-electron chi connectivity index (χ3n) is 8.16. The average molecular weight is 493 g/mol. The molecule has 2 aliphatic heterocycles. The number of piperidine rings is 1. The van der Waals surface area contributed by atoms with Crippen molar-refractivity contribution in [1.82, 2.24) is 4.90 Å². The molecule has 2 bridgehead atoms. The SMILES string of the molecule is Cc1c(C#N)cccc1C(=O)C1CC2COCC(C1)N2C(=O)OCC1c2ccccc2-c2ccccc21. The summed E-state index contributed by atoms with van der Waals surface area (Å²) in [5.74, 6) is -0.176. The lowest BCUT2D eigenvalue weighted by Gasteiger charge is -2.47. The first-order valence-electron chi connectivity index (χ1n) is 12.8. The summed E-state index contributed by atoms with van der Waals surface area (Å²) in [5, 5.41) is 9.36. The summed E-state index contributed by atoms with van der Waals surface area (Å²) < 4.78 is 11.7. The summed E-state index contributed by atoms with van der Waals surface area (Å²) in [6.07, 6.45) is 0.708. The number of carbonyl (C=O) groups excluding carboxylic acids is 2. The van der Waals surface area contributed by atoms with Crippen LogP contribution in [0.15, 0.2) is 66.7 Å². The van der Waals surface area contributed by atoms with Crippen LogP contribution in [0, 0.1) is 24.2 Å². The number of ketones is 1. The molecule has 0 aromatic heterocycles. The second-order valence-corrected chi connectivity index (χ2v) is 10.2. The van der Waals surface area contributed by atoms with Crippen molar-refractivity contribution in [3.05, 3.63) is 94.5 Å². The summed E-state index contributed by atoms with van der Waals surface area (Å²) in [4.78, 5) is 28.7. The summed E-state index contributed by atoms with van der Waals surface area (Å²) >= 11 is 0. The zero-order valence-corrected chi connectivity index (χ0v) is 20.7. The molecule has 0 N–H and O–H groups in total. The minimum absolute atomic E-state index is 0.00180. The molecule has 2 unspecified atom stereocenters. The lowest BCUT2D eigenvalue weighted by molar-refractivity contribution is -0.0747. The normalized spacial score (nSPS) is 22.1. The molecule has 186 valence electrons. The van der Waals surface area contributed by atoms with E-state index in [0.29, 0.717) is 37.2 Å². The van der Waals surface area contributed by atoms with Gasteiger partial charge in [0.25, 0.3) is 0 Å². The Morgan fingerprint density at radius 3 is 2.19 bits per heavy atom. The maximum Gasteiger partial charge on any atom is 0.410 e. The molecule has 0 saturated carbocycles. The maximum absolute atomic E-state index is 13.4. The molecule has 3 aromatic carbocycles. The topological polar surface area (TPSA) is 79.6 Å². The second kappa shape index (κ2) is 9.49. The Hall–Kier alpha value is -3.95. The number of hydrogen-bond donors (Lipinski definition) is 0. The molecule has 2 atom stereocenters. The third kappa shape index (κ3) is 4.00. The molecular weight excluding hydrogens is 464 g/mol. The fraction of sp³-hybridized carbons (Fsp3) is 0.323. The van der Waals surface area contributed by atoms with Gasteiger partial charge in [-0.05, 0) is 53.6 Å². The van der Waals surface area contributed by atoms with E-state index in [1.807, 2.05) is 31.2 Å². The van der Waals surface area contributed by atoms with Crippen LogP contribution in [-0.2, 0) is 9.47 Å². The highest BCUT2D eigenvalue weighted by Gasteiger charge is 2.45. The van der Waals surface area contributed by atoms with E-state index in [1.165, 1.54) is 22.3 Å². The number of nitriles is 1. The molecule has 6 rings (SSSR count). The van der Waals surface area contributed by atoms with E-state index in [9.17, 15) is 14.9 Å². The number of benzene rings is 3. The van der Waals surface area contributed by atoms with Gasteiger partial charge in [-0.15, -0.1) is 0 Å². The summed E-state index contributed by atoms with van der Waals surface area (Å²) in [6, 6.07) is 23.6. The number of hydrogen-bond acceptors (Lipinski definition) is 5. The van der Waals surface area contributed by atoms with Gasteiger partial charge < -0.3 is 9.47 Å². The zero-order valence-electron chi connectivity index (χ0n) is 20.7. The molecule has 3 aromatic rings. The molecule has 0 radical (unpaired) electrons. The quantitative estimate of drug-likeness (QED) is 0.451. The molecule has 3 aliphatic rings. The molecule has 1 amide bonds. The number of ether oxygens (including phenoxy) is 2. The van der Waals surface area contributed by atoms with Gasteiger partial charge in [0.1, 0.15) is 6.61 Å². The lowest BCUT2D eigenvalue weighted by atomic mass is 9.80. The van der Waals surface area contributed by atoms with Crippen LogP contribution in [0.5, 0.6) is 0 Å². The first-order chi connectivity index (χ1) is 18.1. The van der Waals surface area contributed by atoms with Crippen molar-refractivity contribution >= 4 is 11.9 Å². The number of amides is 1. The van der Waals surface area contributed by atoms with Crippen LogP contribution in [0.1, 0.15) is 51.4 Å². The molecule has 0 spiro atoms. The Kier molecular flexibility index (Phi) is 6.02. The molecule has 37 heavy (non-hydrogen) atoms. The van der Waals surface area contributed by atoms with Gasteiger partial charge in [0.15, 0.2) is 5.78 Å². The first kappa shape index (κ1) is 23.4. The predicted octanol–water partition coefficient (Wildman–Crippen LogP) is 5.48. The van der Waals surface area contributed by atoms with Gasteiger partial charge >= 0.3 is 6.09 Å². The zero-order chi connectivity index (χ0) is 25.5. The number of rotatable bonds is 4. The molecule has 2 fully saturated rings. The lowest BCUT2D eigenvalue weighted by Crippen LogP contribution is -2.60. The Bertz CT molecular complexity index is 1370. The average Bonchev–Trinajstić information content (AvgIpc) is 3.24. The minimum atomic E-state index is -0.339. The van der Waals surface area contributed by atoms with Crippen molar-refractivity contribution in [3.63, 3.8) is 0 Å². The highest BCUT2D eigenvalue weighted by molar-refractivity contribution is 5.99. The predicted molar refractivity (Wildman–Crippen MR) is 138 cm³/mol.